The van der Waals surface area contributed by atoms with Crippen LogP contribution in [0.1, 0.15) is 53.5 Å². The zero-order chi connectivity index (χ0) is 26.2. The van der Waals surface area contributed by atoms with Crippen molar-refractivity contribution in [2.24, 2.45) is 0 Å². The van der Waals surface area contributed by atoms with Crippen LogP contribution in [0.3, 0.4) is 0 Å². The van der Waals surface area contributed by atoms with E-state index in [0.29, 0.717) is 13.0 Å². The predicted molar refractivity (Wildman–Crippen MR) is 156 cm³/mol. The lowest BCUT2D eigenvalue weighted by atomic mass is 10.2. The fourth-order valence-electron chi connectivity index (χ4n) is 4.25. The van der Waals surface area contributed by atoms with Gasteiger partial charge in [-0.2, -0.15) is 0 Å². The Balaban J connectivity index is 1.92. The van der Waals surface area contributed by atoms with Crippen LogP contribution in [0.2, 0.25) is 5.04 Å². The molecule has 0 aromatic heterocycles. The summed E-state index contributed by atoms with van der Waals surface area (Å²) in [7, 11) is -3.87. The molecule has 0 aliphatic heterocycles. The van der Waals surface area contributed by atoms with E-state index in [0.717, 1.165) is 5.56 Å². The molecule has 0 fully saturated rings. The van der Waals surface area contributed by atoms with Crippen LogP contribution >= 0.6 is 0 Å². The lowest BCUT2D eigenvalue weighted by molar-refractivity contribution is 0.285. The van der Waals surface area contributed by atoms with Crippen LogP contribution in [0.25, 0.3) is 0 Å². The van der Waals surface area contributed by atoms with E-state index in [2.05, 4.69) is 98.0 Å². The van der Waals surface area contributed by atoms with Crippen LogP contribution in [0.15, 0.2) is 91.0 Å². The number of nitrogens with one attached hydrogen (secondary N) is 1. The van der Waals surface area contributed by atoms with Gasteiger partial charge in [0.2, 0.25) is 0 Å². The molecule has 190 valence electrons. The Morgan fingerprint density at radius 1 is 0.806 bits per heavy atom. The lowest BCUT2D eigenvalue weighted by Gasteiger charge is -2.43. The summed E-state index contributed by atoms with van der Waals surface area (Å²) < 4.78 is 22.9. The first-order valence-electron chi connectivity index (χ1n) is 12.5. The van der Waals surface area contributed by atoms with Crippen molar-refractivity contribution in [3.63, 3.8) is 0 Å². The van der Waals surface area contributed by atoms with Gasteiger partial charge in [0.05, 0.1) is 21.8 Å². The third-order valence-corrected chi connectivity index (χ3v) is 12.8. The number of rotatable bonds is 8. The summed E-state index contributed by atoms with van der Waals surface area (Å²) in [6.45, 7) is 13.2. The monoisotopic (exact) mass is 517 g/mol. The molecule has 3 nitrogen and oxygen atoms in total. The van der Waals surface area contributed by atoms with Crippen molar-refractivity contribution in [1.82, 2.24) is 4.72 Å². The summed E-state index contributed by atoms with van der Waals surface area (Å²) in [5, 5.41) is 2.41. The van der Waals surface area contributed by atoms with Crippen molar-refractivity contribution >= 4 is 29.7 Å². The number of hydrogen-bond acceptors (Lipinski definition) is 2. The van der Waals surface area contributed by atoms with Crippen LogP contribution in [-0.4, -0.2) is 29.9 Å². The molecule has 0 aliphatic rings. The Kier molecular flexibility index (Phi) is 9.49. The summed E-state index contributed by atoms with van der Waals surface area (Å²) in [5.41, 5.74) is 0.943. The summed E-state index contributed by atoms with van der Waals surface area (Å²) >= 11 is 0. The molecule has 2 atom stereocenters. The highest BCUT2D eigenvalue weighted by molar-refractivity contribution is 7.84. The van der Waals surface area contributed by atoms with E-state index in [1.807, 2.05) is 51.1 Å². The minimum Gasteiger partial charge on any atom is -0.407 e. The SMILES string of the molecule is CC(C)(C)S(=O)N[C@@H](C#Cc1ccccc1)CCO[Si](c1ccccc1)(c1ccccc1)C(C)(C)C. The molecule has 0 radical (unpaired) electrons. The van der Waals surface area contributed by atoms with Gasteiger partial charge in [-0.3, -0.25) is 0 Å². The smallest absolute Gasteiger partial charge is 0.261 e. The first-order chi connectivity index (χ1) is 17.0. The molecule has 3 rings (SSSR count). The molecule has 0 spiro atoms. The maximum Gasteiger partial charge on any atom is 0.261 e. The van der Waals surface area contributed by atoms with Gasteiger partial charge in [0.1, 0.15) is 0 Å². The molecule has 5 heteroatoms. The average Bonchev–Trinajstić information content (AvgIpc) is 2.85. The van der Waals surface area contributed by atoms with Crippen molar-refractivity contribution < 1.29 is 8.63 Å². The van der Waals surface area contributed by atoms with E-state index in [1.165, 1.54) is 10.4 Å². The molecule has 0 amide bonds. The van der Waals surface area contributed by atoms with Gasteiger partial charge >= 0.3 is 0 Å². The molecule has 36 heavy (non-hydrogen) atoms. The molecule has 1 unspecified atom stereocenters. The molecule has 0 bridgehead atoms. The van der Waals surface area contributed by atoms with Crippen molar-refractivity contribution in [2.45, 2.75) is 63.8 Å². The third-order valence-electron chi connectivity index (χ3n) is 6.11. The fourth-order valence-corrected chi connectivity index (χ4v) is 9.62. The Bertz CT molecular complexity index is 1130. The molecule has 3 aromatic rings. The second kappa shape index (κ2) is 12.2. The van der Waals surface area contributed by atoms with Gasteiger partial charge in [0, 0.05) is 12.2 Å². The second-order valence-corrected chi connectivity index (χ2v) is 17.3. The normalized spacial score (nSPS) is 13.9. The number of hydrogen-bond donors (Lipinski definition) is 1. The molecular weight excluding hydrogens is 478 g/mol. The Morgan fingerprint density at radius 2 is 1.28 bits per heavy atom. The topological polar surface area (TPSA) is 38.3 Å². The standard InChI is InChI=1S/C31H39NO2SSi/c1-30(2,3)35(33)32-27(23-22-26-16-10-7-11-17-26)24-25-34-36(31(4,5)6,28-18-12-8-13-19-28)29-20-14-9-15-21-29/h7-21,27,32H,24-25H2,1-6H3/t27-,35?/m0/s1. The van der Waals surface area contributed by atoms with Gasteiger partial charge in [-0.1, -0.05) is 111 Å². The predicted octanol–water partition coefficient (Wildman–Crippen LogP) is 5.43. The molecule has 0 saturated heterocycles. The van der Waals surface area contributed by atoms with Gasteiger partial charge in [0.15, 0.2) is 0 Å². The van der Waals surface area contributed by atoms with Gasteiger partial charge in [0.25, 0.3) is 8.32 Å². The van der Waals surface area contributed by atoms with Crippen LogP contribution in [0.5, 0.6) is 0 Å². The highest BCUT2D eigenvalue weighted by atomic mass is 32.2. The van der Waals surface area contributed by atoms with E-state index in [-0.39, 0.29) is 15.8 Å². The fraction of sp³-hybridized carbons (Fsp3) is 0.355. The largest absolute Gasteiger partial charge is 0.407 e. The Hall–Kier alpha value is -2.49. The third kappa shape index (κ3) is 7.05. The van der Waals surface area contributed by atoms with Crippen LogP contribution in [-0.2, 0) is 15.4 Å². The highest BCUT2D eigenvalue weighted by Crippen LogP contribution is 2.36. The van der Waals surface area contributed by atoms with E-state index < -0.39 is 19.3 Å². The van der Waals surface area contributed by atoms with E-state index in [9.17, 15) is 4.21 Å². The summed E-state index contributed by atoms with van der Waals surface area (Å²) in [5.74, 6) is 6.58. The summed E-state index contributed by atoms with van der Waals surface area (Å²) in [6, 6.07) is 30.9. The molecule has 0 aliphatic carbocycles. The van der Waals surface area contributed by atoms with Crippen molar-refractivity contribution in [1.29, 1.82) is 0 Å². The summed E-state index contributed by atoms with van der Waals surface area (Å²) in [4.78, 5) is 0. The van der Waals surface area contributed by atoms with Crippen LogP contribution < -0.4 is 15.1 Å². The lowest BCUT2D eigenvalue weighted by Crippen LogP contribution is -2.66. The zero-order valence-electron chi connectivity index (χ0n) is 22.4. The first-order valence-corrected chi connectivity index (χ1v) is 15.6. The molecule has 3 aromatic carbocycles. The van der Waals surface area contributed by atoms with Gasteiger partial charge in [-0.25, -0.2) is 8.93 Å². The van der Waals surface area contributed by atoms with Crippen LogP contribution in [0.4, 0.5) is 0 Å². The Labute approximate surface area is 221 Å². The van der Waals surface area contributed by atoms with E-state index >= 15 is 0 Å². The molecule has 0 saturated carbocycles. The van der Waals surface area contributed by atoms with Gasteiger partial charge < -0.3 is 4.43 Å². The summed E-state index contributed by atoms with van der Waals surface area (Å²) in [6.07, 6.45) is 0.631. The maximum atomic E-state index is 12.9. The van der Waals surface area contributed by atoms with Crippen LogP contribution in [0, 0.1) is 11.8 Å². The van der Waals surface area contributed by atoms with E-state index in [1.54, 1.807) is 0 Å². The molecule has 1 N–H and O–H groups in total. The van der Waals surface area contributed by atoms with Crippen molar-refractivity contribution in [3.8, 4) is 11.8 Å². The zero-order valence-corrected chi connectivity index (χ0v) is 24.2. The minimum absolute atomic E-state index is 0.0947. The quantitative estimate of drug-likeness (QED) is 0.320. The number of benzene rings is 3. The minimum atomic E-state index is -2.63. The molecular formula is C31H39NO2SSi. The van der Waals surface area contributed by atoms with Gasteiger partial charge in [-0.15, -0.1) is 0 Å². The van der Waals surface area contributed by atoms with E-state index in [4.69, 9.17) is 4.43 Å². The maximum absolute atomic E-state index is 12.9. The molecule has 0 heterocycles. The Morgan fingerprint density at radius 3 is 1.72 bits per heavy atom. The first kappa shape index (κ1) is 28.1. The van der Waals surface area contributed by atoms with Gasteiger partial charge in [-0.05, 0) is 54.7 Å². The van der Waals surface area contributed by atoms with Crippen molar-refractivity contribution in [2.75, 3.05) is 6.61 Å². The highest BCUT2D eigenvalue weighted by Gasteiger charge is 2.50. The second-order valence-electron chi connectivity index (χ2n) is 11.0. The average molecular weight is 518 g/mol. The van der Waals surface area contributed by atoms with Crippen molar-refractivity contribution in [3.05, 3.63) is 96.6 Å².